The van der Waals surface area contributed by atoms with Crippen LogP contribution >= 0.6 is 22.6 Å². The van der Waals surface area contributed by atoms with Crippen LogP contribution in [0.3, 0.4) is 0 Å². The van der Waals surface area contributed by atoms with E-state index in [2.05, 4.69) is 34.8 Å². The van der Waals surface area contributed by atoms with Crippen molar-refractivity contribution in [2.24, 2.45) is 0 Å². The zero-order valence-electron chi connectivity index (χ0n) is 11.9. The van der Waals surface area contributed by atoms with Crippen molar-refractivity contribution >= 4 is 34.2 Å². The minimum atomic E-state index is -0.576. The van der Waals surface area contributed by atoms with Crippen molar-refractivity contribution in [2.75, 3.05) is 25.0 Å². The Morgan fingerprint density at radius 3 is 2.80 bits per heavy atom. The molecule has 110 valence electrons. The molecule has 1 saturated heterocycles. The lowest BCUT2D eigenvalue weighted by molar-refractivity contribution is -0.129. The first-order valence-electron chi connectivity index (χ1n) is 6.92. The number of likely N-dealkylation sites (tertiary alicyclic amines) is 1. The highest BCUT2D eigenvalue weighted by Gasteiger charge is 2.40. The molecule has 1 fully saturated rings. The normalized spacial score (nSPS) is 17.6. The third kappa shape index (κ3) is 3.93. The van der Waals surface area contributed by atoms with Gasteiger partial charge in [0.15, 0.2) is 0 Å². The summed E-state index contributed by atoms with van der Waals surface area (Å²) in [7, 11) is 0. The number of carbonyl (C=O) groups excluding carboxylic acids is 1. The van der Waals surface area contributed by atoms with Gasteiger partial charge in [0.25, 0.3) is 0 Å². The summed E-state index contributed by atoms with van der Waals surface area (Å²) in [5.41, 5.74) is 1.35. The van der Waals surface area contributed by atoms with Gasteiger partial charge in [-0.3, -0.25) is 9.69 Å². The van der Waals surface area contributed by atoms with Crippen LogP contribution in [0, 0.1) is 10.5 Å². The Morgan fingerprint density at radius 2 is 2.20 bits per heavy atom. The van der Waals surface area contributed by atoms with Gasteiger partial charge in [0.05, 0.1) is 12.1 Å². The van der Waals surface area contributed by atoms with Crippen LogP contribution in [-0.4, -0.2) is 41.1 Å². The Labute approximate surface area is 133 Å². The lowest BCUT2D eigenvalue weighted by Gasteiger charge is -2.46. The highest BCUT2D eigenvalue weighted by molar-refractivity contribution is 14.1. The molecule has 0 spiro atoms. The lowest BCUT2D eigenvalue weighted by atomic mass is 9.89. The average Bonchev–Trinajstić information content (AvgIpc) is 2.31. The maximum atomic E-state index is 12.0. The molecule has 0 aromatic heterocycles. The van der Waals surface area contributed by atoms with E-state index in [0.29, 0.717) is 19.6 Å². The maximum Gasteiger partial charge on any atom is 0.238 e. The molecule has 1 aromatic rings. The number of benzene rings is 1. The molecular weight excluding hydrogens is 367 g/mol. The molecule has 0 unspecified atom stereocenters. The molecule has 4 nitrogen and oxygen atoms in total. The minimum absolute atomic E-state index is 0.0205. The van der Waals surface area contributed by atoms with Gasteiger partial charge < -0.3 is 10.4 Å². The number of aliphatic hydroxyl groups is 1. The Hall–Kier alpha value is -0.660. The van der Waals surface area contributed by atoms with Crippen LogP contribution in [0.2, 0.25) is 0 Å². The number of anilines is 1. The fourth-order valence-corrected chi connectivity index (χ4v) is 3.33. The van der Waals surface area contributed by atoms with Crippen LogP contribution in [0.15, 0.2) is 18.2 Å². The average molecular weight is 388 g/mol. The molecule has 1 aromatic carbocycles. The van der Waals surface area contributed by atoms with E-state index in [1.165, 1.54) is 0 Å². The van der Waals surface area contributed by atoms with Gasteiger partial charge in [-0.1, -0.05) is 13.3 Å². The molecule has 1 amide bonds. The van der Waals surface area contributed by atoms with Gasteiger partial charge in [-0.25, -0.2) is 0 Å². The third-order valence-corrected chi connectivity index (χ3v) is 4.25. The maximum absolute atomic E-state index is 12.0. The van der Waals surface area contributed by atoms with Gasteiger partial charge in [-0.2, -0.15) is 0 Å². The first-order chi connectivity index (χ1) is 9.42. The third-order valence-electron chi connectivity index (χ3n) is 3.58. The number of nitrogens with one attached hydrogen (secondary N) is 1. The second kappa shape index (κ2) is 6.41. The van der Waals surface area contributed by atoms with E-state index < -0.39 is 5.60 Å². The highest BCUT2D eigenvalue weighted by atomic mass is 127. The molecule has 0 aliphatic carbocycles. The number of nitrogens with zero attached hydrogens (tertiary/aromatic N) is 1. The van der Waals surface area contributed by atoms with E-state index in [1.807, 2.05) is 30.0 Å². The van der Waals surface area contributed by atoms with Crippen molar-refractivity contribution in [3.05, 3.63) is 27.3 Å². The minimum Gasteiger partial charge on any atom is -0.387 e. The van der Waals surface area contributed by atoms with Gasteiger partial charge in [0.1, 0.15) is 0 Å². The van der Waals surface area contributed by atoms with Gasteiger partial charge in [0.2, 0.25) is 5.91 Å². The first-order valence-corrected chi connectivity index (χ1v) is 8.00. The zero-order valence-corrected chi connectivity index (χ0v) is 14.1. The number of β-amino-alcohol motifs (C(OH)–C–C–N with tert-alkyl or cyclic N) is 1. The number of rotatable bonds is 5. The van der Waals surface area contributed by atoms with E-state index >= 15 is 0 Å². The van der Waals surface area contributed by atoms with Crippen molar-refractivity contribution in [3.8, 4) is 0 Å². The number of halogens is 1. The van der Waals surface area contributed by atoms with Crippen LogP contribution in [-0.2, 0) is 4.79 Å². The fourth-order valence-electron chi connectivity index (χ4n) is 2.68. The molecule has 2 N–H and O–H groups in total. The number of carbonyl (C=O) groups is 1. The number of hydrogen-bond acceptors (Lipinski definition) is 3. The molecule has 1 aliphatic rings. The lowest BCUT2D eigenvalue weighted by Crippen LogP contribution is -2.62. The highest BCUT2D eigenvalue weighted by Crippen LogP contribution is 2.25. The van der Waals surface area contributed by atoms with E-state index in [9.17, 15) is 9.90 Å². The number of aryl methyl sites for hydroxylation is 1. The zero-order chi connectivity index (χ0) is 14.8. The fraction of sp³-hybridized carbons (Fsp3) is 0.533. The molecular formula is C15H21IN2O2. The van der Waals surface area contributed by atoms with E-state index in [0.717, 1.165) is 27.7 Å². The van der Waals surface area contributed by atoms with Gasteiger partial charge in [-0.15, -0.1) is 0 Å². The number of amides is 1. The molecule has 5 heteroatoms. The molecule has 20 heavy (non-hydrogen) atoms. The topological polar surface area (TPSA) is 52.6 Å². The molecule has 1 aliphatic heterocycles. The SMILES string of the molecule is CCCC1(O)CN(CC(=O)Nc2ccc(I)cc2C)C1. The summed E-state index contributed by atoms with van der Waals surface area (Å²) >= 11 is 2.25. The molecule has 0 atom stereocenters. The summed E-state index contributed by atoms with van der Waals surface area (Å²) in [6.07, 6.45) is 1.78. The van der Waals surface area contributed by atoms with Crippen LogP contribution < -0.4 is 5.32 Å². The standard InChI is InChI=1S/C15H21IN2O2/c1-3-6-15(20)9-18(10-15)8-14(19)17-13-5-4-12(16)7-11(13)2/h4-5,7,20H,3,6,8-10H2,1-2H3,(H,17,19). The molecule has 1 heterocycles. The van der Waals surface area contributed by atoms with E-state index in [1.54, 1.807) is 0 Å². The summed E-state index contributed by atoms with van der Waals surface area (Å²) in [6, 6.07) is 5.95. The second-order valence-corrected chi connectivity index (χ2v) is 6.87. The van der Waals surface area contributed by atoms with Gasteiger partial charge >= 0.3 is 0 Å². The summed E-state index contributed by atoms with van der Waals surface area (Å²) in [6.45, 7) is 5.59. The number of hydrogen-bond donors (Lipinski definition) is 2. The quantitative estimate of drug-likeness (QED) is 0.762. The van der Waals surface area contributed by atoms with Crippen LogP contribution in [0.4, 0.5) is 5.69 Å². The monoisotopic (exact) mass is 388 g/mol. The van der Waals surface area contributed by atoms with Crippen LogP contribution in [0.25, 0.3) is 0 Å². The molecule has 2 rings (SSSR count). The van der Waals surface area contributed by atoms with Crippen molar-refractivity contribution < 1.29 is 9.90 Å². The van der Waals surface area contributed by atoms with Gasteiger partial charge in [-0.05, 0) is 59.7 Å². The van der Waals surface area contributed by atoms with E-state index in [-0.39, 0.29) is 5.91 Å². The smallest absolute Gasteiger partial charge is 0.238 e. The largest absolute Gasteiger partial charge is 0.387 e. The van der Waals surface area contributed by atoms with Gasteiger partial charge in [0, 0.05) is 22.3 Å². The Balaban J connectivity index is 1.82. The Bertz CT molecular complexity index is 499. The summed E-state index contributed by atoms with van der Waals surface area (Å²) < 4.78 is 1.16. The molecule has 0 saturated carbocycles. The summed E-state index contributed by atoms with van der Waals surface area (Å²) in [5.74, 6) is -0.0205. The molecule has 0 bridgehead atoms. The predicted octanol–water partition coefficient (Wildman–Crippen LogP) is 2.38. The van der Waals surface area contributed by atoms with E-state index in [4.69, 9.17) is 0 Å². The predicted molar refractivity (Wildman–Crippen MR) is 88.8 cm³/mol. The summed E-state index contributed by atoms with van der Waals surface area (Å²) in [4.78, 5) is 14.0. The first kappa shape index (κ1) is 15.7. The van der Waals surface area contributed by atoms with Crippen molar-refractivity contribution in [1.29, 1.82) is 0 Å². The second-order valence-electron chi connectivity index (χ2n) is 5.63. The van der Waals surface area contributed by atoms with Crippen molar-refractivity contribution in [3.63, 3.8) is 0 Å². The Morgan fingerprint density at radius 1 is 1.50 bits per heavy atom. The van der Waals surface area contributed by atoms with Crippen LogP contribution in [0.5, 0.6) is 0 Å². The van der Waals surface area contributed by atoms with Crippen molar-refractivity contribution in [1.82, 2.24) is 4.90 Å². The Kier molecular flexibility index (Phi) is 5.04. The van der Waals surface area contributed by atoms with Crippen LogP contribution in [0.1, 0.15) is 25.3 Å². The van der Waals surface area contributed by atoms with Crippen molar-refractivity contribution in [2.45, 2.75) is 32.3 Å². The molecule has 0 radical (unpaired) electrons. The summed E-state index contributed by atoms with van der Waals surface area (Å²) in [5, 5.41) is 13.0.